The molecule has 1 atom stereocenters. The van der Waals surface area contributed by atoms with E-state index in [-0.39, 0.29) is 0 Å². The second-order valence-electron chi connectivity index (χ2n) is 3.73. The molecule has 82 valence electrons. The molecular formula is C11H13ClO3. The Balaban J connectivity index is 3.22. The van der Waals surface area contributed by atoms with E-state index in [1.54, 1.807) is 26.0 Å². The highest BCUT2D eigenvalue weighted by Gasteiger charge is 2.41. The third-order valence-electron chi connectivity index (χ3n) is 2.45. The standard InChI is InChI=1S/C11H13ClO3/c1-7(2)11(15,10(13)14)8-3-5-9(12)6-4-8/h3-7,15H,1-2H3,(H,13,14)/t11-/m0/s1. The first-order valence-electron chi connectivity index (χ1n) is 4.61. The first-order valence-corrected chi connectivity index (χ1v) is 4.98. The molecule has 0 aliphatic rings. The summed E-state index contributed by atoms with van der Waals surface area (Å²) in [7, 11) is 0. The monoisotopic (exact) mass is 228 g/mol. The molecule has 0 radical (unpaired) electrons. The highest BCUT2D eigenvalue weighted by molar-refractivity contribution is 6.30. The number of carbonyl (C=O) groups is 1. The van der Waals surface area contributed by atoms with Gasteiger partial charge < -0.3 is 10.2 Å². The molecule has 0 saturated heterocycles. The van der Waals surface area contributed by atoms with Gasteiger partial charge in [0.1, 0.15) is 0 Å². The number of hydrogen-bond acceptors (Lipinski definition) is 2. The van der Waals surface area contributed by atoms with Crippen LogP contribution in [0.2, 0.25) is 5.02 Å². The number of rotatable bonds is 3. The Hall–Kier alpha value is -1.06. The predicted molar refractivity (Wildman–Crippen MR) is 57.8 cm³/mol. The van der Waals surface area contributed by atoms with Crippen molar-refractivity contribution < 1.29 is 15.0 Å². The Morgan fingerprint density at radius 2 is 1.80 bits per heavy atom. The molecule has 1 aromatic carbocycles. The third kappa shape index (κ3) is 2.13. The number of aliphatic carboxylic acids is 1. The van der Waals surface area contributed by atoms with E-state index in [4.69, 9.17) is 16.7 Å². The van der Waals surface area contributed by atoms with Crippen molar-refractivity contribution in [2.24, 2.45) is 5.92 Å². The van der Waals surface area contributed by atoms with Crippen LogP contribution in [-0.2, 0) is 10.4 Å². The van der Waals surface area contributed by atoms with Crippen molar-refractivity contribution in [3.63, 3.8) is 0 Å². The summed E-state index contributed by atoms with van der Waals surface area (Å²) < 4.78 is 0. The van der Waals surface area contributed by atoms with Crippen LogP contribution in [0.25, 0.3) is 0 Å². The van der Waals surface area contributed by atoms with Crippen molar-refractivity contribution in [1.29, 1.82) is 0 Å². The summed E-state index contributed by atoms with van der Waals surface area (Å²) in [6, 6.07) is 6.17. The summed E-state index contributed by atoms with van der Waals surface area (Å²) in [5, 5.41) is 19.6. The molecule has 0 saturated carbocycles. The van der Waals surface area contributed by atoms with Gasteiger partial charge in [0.15, 0.2) is 5.60 Å². The summed E-state index contributed by atoms with van der Waals surface area (Å²) in [6.45, 7) is 3.31. The van der Waals surface area contributed by atoms with Gasteiger partial charge in [-0.2, -0.15) is 0 Å². The third-order valence-corrected chi connectivity index (χ3v) is 2.70. The minimum absolute atomic E-state index is 0.342. The van der Waals surface area contributed by atoms with Crippen LogP contribution in [0, 0.1) is 5.92 Å². The molecule has 15 heavy (non-hydrogen) atoms. The normalized spacial score (nSPS) is 15.0. The van der Waals surface area contributed by atoms with Crippen molar-refractivity contribution in [3.05, 3.63) is 34.9 Å². The van der Waals surface area contributed by atoms with Crippen LogP contribution in [0.4, 0.5) is 0 Å². The van der Waals surface area contributed by atoms with Gasteiger partial charge in [-0.15, -0.1) is 0 Å². The summed E-state index contributed by atoms with van der Waals surface area (Å²) in [5.74, 6) is -1.67. The zero-order valence-electron chi connectivity index (χ0n) is 8.57. The van der Waals surface area contributed by atoms with E-state index in [2.05, 4.69) is 0 Å². The van der Waals surface area contributed by atoms with Gasteiger partial charge in [0.2, 0.25) is 0 Å². The Morgan fingerprint density at radius 3 is 2.13 bits per heavy atom. The van der Waals surface area contributed by atoms with E-state index in [1.807, 2.05) is 0 Å². The molecular weight excluding hydrogens is 216 g/mol. The Bertz CT molecular complexity index is 359. The van der Waals surface area contributed by atoms with Gasteiger partial charge in [0.05, 0.1) is 0 Å². The molecule has 0 aliphatic carbocycles. The van der Waals surface area contributed by atoms with Crippen LogP contribution in [-0.4, -0.2) is 16.2 Å². The molecule has 0 spiro atoms. The molecule has 0 amide bonds. The zero-order valence-corrected chi connectivity index (χ0v) is 9.32. The molecule has 4 heteroatoms. The molecule has 1 rings (SSSR count). The summed E-state index contributed by atoms with van der Waals surface area (Å²) in [5.41, 5.74) is -1.51. The zero-order chi connectivity index (χ0) is 11.6. The Labute approximate surface area is 93.3 Å². The minimum Gasteiger partial charge on any atom is -0.479 e. The highest BCUT2D eigenvalue weighted by atomic mass is 35.5. The van der Waals surface area contributed by atoms with E-state index < -0.39 is 17.5 Å². The van der Waals surface area contributed by atoms with Gasteiger partial charge in [0, 0.05) is 5.02 Å². The summed E-state index contributed by atoms with van der Waals surface area (Å²) in [6.07, 6.45) is 0. The molecule has 3 nitrogen and oxygen atoms in total. The van der Waals surface area contributed by atoms with Gasteiger partial charge in [-0.05, 0) is 23.6 Å². The van der Waals surface area contributed by atoms with Gasteiger partial charge in [-0.1, -0.05) is 37.6 Å². The van der Waals surface area contributed by atoms with E-state index in [0.717, 1.165) is 0 Å². The topological polar surface area (TPSA) is 57.5 Å². The maximum absolute atomic E-state index is 11.1. The fraction of sp³-hybridized carbons (Fsp3) is 0.364. The molecule has 1 aromatic rings. The van der Waals surface area contributed by atoms with Crippen LogP contribution in [0.3, 0.4) is 0 Å². The number of hydrogen-bond donors (Lipinski definition) is 2. The molecule has 0 bridgehead atoms. The number of carboxylic acid groups (broad SMARTS) is 1. The maximum atomic E-state index is 11.1. The summed E-state index contributed by atoms with van der Waals surface area (Å²) in [4.78, 5) is 11.1. The first-order chi connectivity index (χ1) is 6.89. The minimum atomic E-state index is -1.86. The van der Waals surface area contributed by atoms with Crippen molar-refractivity contribution >= 4 is 17.6 Å². The van der Waals surface area contributed by atoms with Crippen molar-refractivity contribution in [3.8, 4) is 0 Å². The molecule has 2 N–H and O–H groups in total. The van der Waals surface area contributed by atoms with Gasteiger partial charge in [0.25, 0.3) is 0 Å². The van der Waals surface area contributed by atoms with Crippen LogP contribution in [0.1, 0.15) is 19.4 Å². The van der Waals surface area contributed by atoms with Crippen molar-refractivity contribution in [2.45, 2.75) is 19.4 Å². The van der Waals surface area contributed by atoms with Crippen LogP contribution in [0.5, 0.6) is 0 Å². The largest absolute Gasteiger partial charge is 0.479 e. The highest BCUT2D eigenvalue weighted by Crippen LogP contribution is 2.30. The Morgan fingerprint density at radius 1 is 1.33 bits per heavy atom. The molecule has 0 aromatic heterocycles. The molecule has 0 aliphatic heterocycles. The lowest BCUT2D eigenvalue weighted by Crippen LogP contribution is -2.40. The van der Waals surface area contributed by atoms with E-state index >= 15 is 0 Å². The van der Waals surface area contributed by atoms with Crippen LogP contribution in [0.15, 0.2) is 24.3 Å². The lowest BCUT2D eigenvalue weighted by molar-refractivity contribution is -0.165. The van der Waals surface area contributed by atoms with Crippen molar-refractivity contribution in [1.82, 2.24) is 0 Å². The number of benzene rings is 1. The predicted octanol–water partition coefficient (Wildman–Crippen LogP) is 2.27. The first kappa shape index (κ1) is 12.0. The van der Waals surface area contributed by atoms with E-state index in [0.29, 0.717) is 10.6 Å². The SMILES string of the molecule is CC(C)[C@@](O)(C(=O)O)c1ccc(Cl)cc1. The van der Waals surface area contributed by atoms with Gasteiger partial charge in [-0.25, -0.2) is 4.79 Å². The Kier molecular flexibility index (Phi) is 3.37. The molecule has 0 unspecified atom stereocenters. The van der Waals surface area contributed by atoms with E-state index in [9.17, 15) is 9.90 Å². The number of halogens is 1. The van der Waals surface area contributed by atoms with Gasteiger partial charge >= 0.3 is 5.97 Å². The summed E-state index contributed by atoms with van der Waals surface area (Å²) >= 11 is 5.69. The second kappa shape index (κ2) is 4.21. The quantitative estimate of drug-likeness (QED) is 0.835. The molecule has 0 fully saturated rings. The lowest BCUT2D eigenvalue weighted by Gasteiger charge is -2.27. The second-order valence-corrected chi connectivity index (χ2v) is 4.17. The van der Waals surface area contributed by atoms with Crippen molar-refractivity contribution in [2.75, 3.05) is 0 Å². The number of aliphatic hydroxyl groups is 1. The average molecular weight is 229 g/mol. The lowest BCUT2D eigenvalue weighted by atomic mass is 9.83. The van der Waals surface area contributed by atoms with E-state index in [1.165, 1.54) is 12.1 Å². The molecule has 0 heterocycles. The van der Waals surface area contributed by atoms with Gasteiger partial charge in [-0.3, -0.25) is 0 Å². The average Bonchev–Trinajstić information content (AvgIpc) is 2.17. The smallest absolute Gasteiger partial charge is 0.340 e. The number of carboxylic acids is 1. The fourth-order valence-corrected chi connectivity index (χ4v) is 1.53. The fourth-order valence-electron chi connectivity index (χ4n) is 1.41. The van der Waals surface area contributed by atoms with Crippen LogP contribution >= 0.6 is 11.6 Å². The maximum Gasteiger partial charge on any atom is 0.340 e. The van der Waals surface area contributed by atoms with Crippen LogP contribution < -0.4 is 0 Å².